The Bertz CT molecular complexity index is 895. The van der Waals surface area contributed by atoms with Gasteiger partial charge >= 0.3 is 0 Å². The zero-order chi connectivity index (χ0) is 17.8. The van der Waals surface area contributed by atoms with Crippen molar-refractivity contribution >= 4 is 28.8 Å². The number of amides is 1. The van der Waals surface area contributed by atoms with E-state index in [1.807, 2.05) is 18.2 Å². The highest BCUT2D eigenvalue weighted by molar-refractivity contribution is 7.18. The first-order valence-corrected chi connectivity index (χ1v) is 8.31. The number of nitrogens with zero attached hydrogens (tertiary/aromatic N) is 3. The van der Waals surface area contributed by atoms with Gasteiger partial charge in [-0.2, -0.15) is 0 Å². The van der Waals surface area contributed by atoms with Crippen LogP contribution in [0.3, 0.4) is 0 Å². The van der Waals surface area contributed by atoms with Crippen LogP contribution in [-0.2, 0) is 4.74 Å². The minimum absolute atomic E-state index is 0.104. The summed E-state index contributed by atoms with van der Waals surface area (Å²) in [6.07, 6.45) is 0. The maximum atomic E-state index is 11.6. The maximum absolute atomic E-state index is 11.6. The largest absolute Gasteiger partial charge is 0.473 e. The van der Waals surface area contributed by atoms with Gasteiger partial charge in [-0.25, -0.2) is 0 Å². The van der Waals surface area contributed by atoms with Crippen molar-refractivity contribution in [2.24, 2.45) is 5.73 Å². The van der Waals surface area contributed by atoms with Crippen LogP contribution in [-0.4, -0.2) is 41.6 Å². The molecule has 3 aromatic rings. The lowest BCUT2D eigenvalue weighted by atomic mass is 10.2. The van der Waals surface area contributed by atoms with E-state index in [4.69, 9.17) is 31.3 Å². The molecule has 2 heterocycles. The molecule has 2 aromatic heterocycles. The van der Waals surface area contributed by atoms with Crippen LogP contribution in [0.1, 0.15) is 10.6 Å². The van der Waals surface area contributed by atoms with Gasteiger partial charge in [0.25, 0.3) is 11.8 Å². The van der Waals surface area contributed by atoms with Crippen molar-refractivity contribution in [1.29, 1.82) is 0 Å². The van der Waals surface area contributed by atoms with E-state index in [1.165, 1.54) is 11.3 Å². The molecule has 0 aliphatic carbocycles. The van der Waals surface area contributed by atoms with E-state index >= 15 is 0 Å². The molecule has 0 fully saturated rings. The van der Waals surface area contributed by atoms with Crippen LogP contribution in [0.25, 0.3) is 21.1 Å². The molecule has 2 N–H and O–H groups in total. The topological polar surface area (TPSA) is 113 Å². The molecule has 130 valence electrons. The highest BCUT2D eigenvalue weighted by Gasteiger charge is 2.27. The van der Waals surface area contributed by atoms with Crippen LogP contribution in [0.5, 0.6) is 5.88 Å². The molecular formula is C15H13ClN4O4S. The van der Waals surface area contributed by atoms with Crippen LogP contribution >= 0.6 is 22.9 Å². The molecule has 1 aromatic carbocycles. The number of primary amides is 1. The van der Waals surface area contributed by atoms with Crippen LogP contribution in [0.4, 0.5) is 0 Å². The molecule has 8 nitrogen and oxygen atoms in total. The summed E-state index contributed by atoms with van der Waals surface area (Å²) in [5.74, 6) is -0.819. The Kier molecular flexibility index (Phi) is 5.27. The SMILES string of the molecule is COCCOc1noc(C(N)=O)c1-c1nnc(-c2ccccc2Cl)s1. The van der Waals surface area contributed by atoms with E-state index < -0.39 is 5.91 Å². The van der Waals surface area contributed by atoms with E-state index in [2.05, 4.69) is 15.4 Å². The zero-order valence-corrected chi connectivity index (χ0v) is 14.6. The molecule has 0 unspecified atom stereocenters. The van der Waals surface area contributed by atoms with Gasteiger partial charge in [0.15, 0.2) is 5.01 Å². The first kappa shape index (κ1) is 17.3. The summed E-state index contributed by atoms with van der Waals surface area (Å²) in [7, 11) is 1.54. The molecular weight excluding hydrogens is 368 g/mol. The van der Waals surface area contributed by atoms with Gasteiger partial charge in [-0.3, -0.25) is 4.79 Å². The van der Waals surface area contributed by atoms with Crippen molar-refractivity contribution in [3.05, 3.63) is 35.0 Å². The van der Waals surface area contributed by atoms with Crippen molar-refractivity contribution < 1.29 is 18.8 Å². The number of hydrogen-bond donors (Lipinski definition) is 1. The van der Waals surface area contributed by atoms with E-state index in [-0.39, 0.29) is 23.8 Å². The summed E-state index contributed by atoms with van der Waals surface area (Å²) in [4.78, 5) is 11.6. The van der Waals surface area contributed by atoms with Gasteiger partial charge in [0.2, 0.25) is 5.76 Å². The number of halogens is 1. The highest BCUT2D eigenvalue weighted by Crippen LogP contribution is 2.38. The van der Waals surface area contributed by atoms with E-state index in [1.54, 1.807) is 13.2 Å². The van der Waals surface area contributed by atoms with Crippen LogP contribution in [0.15, 0.2) is 28.8 Å². The highest BCUT2D eigenvalue weighted by atomic mass is 35.5. The molecule has 0 bridgehead atoms. The summed E-state index contributed by atoms with van der Waals surface area (Å²) in [5.41, 5.74) is 6.34. The van der Waals surface area contributed by atoms with Crippen LogP contribution in [0, 0.1) is 0 Å². The van der Waals surface area contributed by atoms with Crippen molar-refractivity contribution in [3.8, 4) is 27.0 Å². The van der Waals surface area contributed by atoms with Gasteiger partial charge in [-0.05, 0) is 11.2 Å². The van der Waals surface area contributed by atoms with Crippen molar-refractivity contribution in [2.75, 3.05) is 20.3 Å². The molecule has 0 spiro atoms. The maximum Gasteiger partial charge on any atom is 0.288 e. The second kappa shape index (κ2) is 7.60. The molecule has 0 saturated carbocycles. The number of ether oxygens (including phenoxy) is 2. The summed E-state index contributed by atoms with van der Waals surface area (Å²) in [6, 6.07) is 7.24. The monoisotopic (exact) mass is 380 g/mol. The summed E-state index contributed by atoms with van der Waals surface area (Å²) >= 11 is 7.40. The lowest BCUT2D eigenvalue weighted by Gasteiger charge is -2.02. The van der Waals surface area contributed by atoms with Crippen LogP contribution in [0.2, 0.25) is 5.02 Å². The second-order valence-electron chi connectivity index (χ2n) is 4.79. The third-order valence-electron chi connectivity index (χ3n) is 3.15. The Morgan fingerprint density at radius 3 is 2.76 bits per heavy atom. The van der Waals surface area contributed by atoms with Gasteiger partial charge in [0, 0.05) is 12.7 Å². The lowest BCUT2D eigenvalue weighted by molar-refractivity contribution is 0.0964. The molecule has 0 aliphatic heterocycles. The predicted molar refractivity (Wildman–Crippen MR) is 91.7 cm³/mol. The van der Waals surface area contributed by atoms with E-state index in [0.29, 0.717) is 21.6 Å². The standard InChI is InChI=1S/C15H13ClN4O4S/c1-22-6-7-23-13-10(11(12(17)21)24-20-13)15-19-18-14(25-15)8-4-2-3-5-9(8)16/h2-5H,6-7H2,1H3,(H2,17,21). The Labute approximate surface area is 151 Å². The zero-order valence-electron chi connectivity index (χ0n) is 13.1. The number of carbonyl (C=O) groups excluding carboxylic acids is 1. The fraction of sp³-hybridized carbons (Fsp3) is 0.200. The molecule has 0 aliphatic rings. The molecule has 25 heavy (non-hydrogen) atoms. The number of methoxy groups -OCH3 is 1. The molecule has 10 heteroatoms. The molecule has 0 radical (unpaired) electrons. The van der Waals surface area contributed by atoms with E-state index in [0.717, 1.165) is 5.56 Å². The lowest BCUT2D eigenvalue weighted by Crippen LogP contribution is -2.11. The van der Waals surface area contributed by atoms with Gasteiger partial charge in [0.1, 0.15) is 17.2 Å². The first-order chi connectivity index (χ1) is 12.1. The number of hydrogen-bond acceptors (Lipinski definition) is 8. The Hall–Kier alpha value is -2.49. The van der Waals surface area contributed by atoms with Crippen molar-refractivity contribution in [3.63, 3.8) is 0 Å². The summed E-state index contributed by atoms with van der Waals surface area (Å²) in [6.45, 7) is 0.573. The molecule has 0 saturated heterocycles. The summed E-state index contributed by atoms with van der Waals surface area (Å²) in [5, 5.41) is 13.5. The second-order valence-corrected chi connectivity index (χ2v) is 6.17. The fourth-order valence-corrected chi connectivity index (χ4v) is 3.22. The smallest absolute Gasteiger partial charge is 0.288 e. The third-order valence-corrected chi connectivity index (χ3v) is 4.46. The quantitative estimate of drug-likeness (QED) is 0.626. The van der Waals surface area contributed by atoms with Gasteiger partial charge in [-0.1, -0.05) is 41.1 Å². The first-order valence-electron chi connectivity index (χ1n) is 7.11. The molecule has 0 atom stereocenters. The van der Waals surface area contributed by atoms with Crippen molar-refractivity contribution in [1.82, 2.24) is 15.4 Å². The minimum Gasteiger partial charge on any atom is -0.473 e. The normalized spacial score (nSPS) is 10.8. The third kappa shape index (κ3) is 3.63. The van der Waals surface area contributed by atoms with Gasteiger partial charge in [-0.15, -0.1) is 10.2 Å². The fourth-order valence-electron chi connectivity index (χ4n) is 2.02. The van der Waals surface area contributed by atoms with Crippen molar-refractivity contribution in [2.45, 2.75) is 0 Å². The molecule has 3 rings (SSSR count). The number of aromatic nitrogens is 3. The Morgan fingerprint density at radius 1 is 1.28 bits per heavy atom. The predicted octanol–water partition coefficient (Wildman–Crippen LogP) is 2.64. The Morgan fingerprint density at radius 2 is 2.04 bits per heavy atom. The average molecular weight is 381 g/mol. The summed E-state index contributed by atoms with van der Waals surface area (Å²) < 4.78 is 15.4. The van der Waals surface area contributed by atoms with Crippen LogP contribution < -0.4 is 10.5 Å². The Balaban J connectivity index is 2.00. The number of carbonyl (C=O) groups is 1. The minimum atomic E-state index is -0.779. The van der Waals surface area contributed by atoms with E-state index in [9.17, 15) is 4.79 Å². The van der Waals surface area contributed by atoms with Gasteiger partial charge < -0.3 is 19.7 Å². The van der Waals surface area contributed by atoms with Gasteiger partial charge in [0.05, 0.1) is 11.6 Å². The number of benzene rings is 1. The number of nitrogens with two attached hydrogens (primary N) is 1. The number of rotatable bonds is 7. The molecule has 1 amide bonds. The average Bonchev–Trinajstić information content (AvgIpc) is 3.22.